The standard InChI is InChI=1S/C9H7ClOS3/c10-7-3-1-6(2-4-7)8-5-9(12)13-14(8)11/h1-5,9,12H. The van der Waals surface area contributed by atoms with Gasteiger partial charge in [-0.2, -0.15) is 12.6 Å². The molecule has 1 aromatic rings. The molecule has 74 valence electrons. The van der Waals surface area contributed by atoms with Gasteiger partial charge >= 0.3 is 0 Å². The highest BCUT2D eigenvalue weighted by atomic mass is 35.5. The van der Waals surface area contributed by atoms with E-state index in [-0.39, 0.29) is 4.58 Å². The van der Waals surface area contributed by atoms with Crippen LogP contribution < -0.4 is 0 Å². The molecule has 0 fully saturated rings. The normalized spacial score (nSPS) is 26.3. The highest BCUT2D eigenvalue weighted by Crippen LogP contribution is 2.39. The Labute approximate surface area is 99.2 Å². The Hall–Kier alpha value is 0.1000. The molecule has 5 heteroatoms. The van der Waals surface area contributed by atoms with Crippen molar-refractivity contribution >= 4 is 49.8 Å². The summed E-state index contributed by atoms with van der Waals surface area (Å²) in [7, 11) is 0.348. The number of thiol groups is 1. The number of benzene rings is 1. The minimum atomic E-state index is -0.990. The Morgan fingerprint density at radius 3 is 2.50 bits per heavy atom. The van der Waals surface area contributed by atoms with Gasteiger partial charge in [-0.1, -0.05) is 23.7 Å². The molecule has 1 heterocycles. The van der Waals surface area contributed by atoms with Crippen LogP contribution in [0.4, 0.5) is 0 Å². The first kappa shape index (κ1) is 10.6. The molecule has 1 aliphatic heterocycles. The van der Waals surface area contributed by atoms with Crippen molar-refractivity contribution in [2.24, 2.45) is 0 Å². The van der Waals surface area contributed by atoms with Gasteiger partial charge in [0.25, 0.3) is 0 Å². The van der Waals surface area contributed by atoms with Crippen LogP contribution in [0.15, 0.2) is 30.3 Å². The van der Waals surface area contributed by atoms with Crippen molar-refractivity contribution in [3.05, 3.63) is 40.9 Å². The van der Waals surface area contributed by atoms with Crippen LogP contribution in [0.2, 0.25) is 5.02 Å². The quantitative estimate of drug-likeness (QED) is 0.618. The molecule has 0 radical (unpaired) electrons. The molecule has 2 rings (SSSR count). The molecule has 0 N–H and O–H groups in total. The zero-order chi connectivity index (χ0) is 10.1. The van der Waals surface area contributed by atoms with E-state index in [0.29, 0.717) is 5.02 Å². The Bertz CT molecular complexity index is 399. The van der Waals surface area contributed by atoms with Gasteiger partial charge in [0, 0.05) is 5.02 Å². The molecule has 0 spiro atoms. The lowest BCUT2D eigenvalue weighted by molar-refractivity contribution is 0.697. The van der Waals surface area contributed by atoms with E-state index < -0.39 is 9.83 Å². The smallest absolute Gasteiger partial charge is 0.114 e. The van der Waals surface area contributed by atoms with Gasteiger partial charge < -0.3 is 0 Å². The van der Waals surface area contributed by atoms with Crippen molar-refractivity contribution in [2.75, 3.05) is 0 Å². The molecular formula is C9H7ClOS3. The first-order valence-electron chi connectivity index (χ1n) is 3.91. The first-order chi connectivity index (χ1) is 6.66. The van der Waals surface area contributed by atoms with E-state index in [0.717, 1.165) is 10.5 Å². The average molecular weight is 263 g/mol. The second kappa shape index (κ2) is 4.31. The molecule has 1 aromatic carbocycles. The molecule has 1 aliphatic rings. The van der Waals surface area contributed by atoms with Gasteiger partial charge in [-0.25, -0.2) is 4.21 Å². The summed E-state index contributed by atoms with van der Waals surface area (Å²) in [6, 6.07) is 7.34. The van der Waals surface area contributed by atoms with Crippen LogP contribution in [0.3, 0.4) is 0 Å². The number of hydrogen-bond donors (Lipinski definition) is 1. The minimum Gasteiger partial charge on any atom is -0.243 e. The molecule has 0 saturated heterocycles. The monoisotopic (exact) mass is 262 g/mol. The van der Waals surface area contributed by atoms with E-state index in [1.807, 2.05) is 18.2 Å². The van der Waals surface area contributed by atoms with Crippen molar-refractivity contribution in [3.8, 4) is 0 Å². The lowest BCUT2D eigenvalue weighted by atomic mass is 10.2. The van der Waals surface area contributed by atoms with Crippen LogP contribution in [-0.4, -0.2) is 8.79 Å². The van der Waals surface area contributed by atoms with Crippen LogP contribution >= 0.6 is 35.0 Å². The second-order valence-electron chi connectivity index (χ2n) is 2.76. The van der Waals surface area contributed by atoms with E-state index >= 15 is 0 Å². The number of rotatable bonds is 1. The molecular weight excluding hydrogens is 256 g/mol. The van der Waals surface area contributed by atoms with Gasteiger partial charge in [0.2, 0.25) is 0 Å². The predicted octanol–water partition coefficient (Wildman–Crippen LogP) is 3.35. The summed E-state index contributed by atoms with van der Waals surface area (Å²) < 4.78 is 11.6. The van der Waals surface area contributed by atoms with E-state index in [9.17, 15) is 4.21 Å². The largest absolute Gasteiger partial charge is 0.243 e. The minimum absolute atomic E-state index is 0.0292. The topological polar surface area (TPSA) is 17.1 Å². The SMILES string of the molecule is O=S1SC(S)C=C1c1ccc(Cl)cc1. The van der Waals surface area contributed by atoms with E-state index in [1.54, 1.807) is 12.1 Å². The molecule has 0 aliphatic carbocycles. The highest BCUT2D eigenvalue weighted by Gasteiger charge is 2.22. The molecule has 2 atom stereocenters. The van der Waals surface area contributed by atoms with Crippen molar-refractivity contribution in [2.45, 2.75) is 4.58 Å². The predicted molar refractivity (Wildman–Crippen MR) is 67.9 cm³/mol. The fourth-order valence-electron chi connectivity index (χ4n) is 1.16. The summed E-state index contributed by atoms with van der Waals surface area (Å²) in [5.41, 5.74) is 0.955. The van der Waals surface area contributed by atoms with Crippen LogP contribution in [0.1, 0.15) is 5.56 Å². The molecule has 0 amide bonds. The second-order valence-corrected chi connectivity index (χ2v) is 7.20. The number of halogens is 1. The van der Waals surface area contributed by atoms with Crippen LogP contribution in [0.25, 0.3) is 4.91 Å². The molecule has 0 saturated carbocycles. The maximum absolute atomic E-state index is 11.6. The highest BCUT2D eigenvalue weighted by molar-refractivity contribution is 8.74. The van der Waals surface area contributed by atoms with Crippen molar-refractivity contribution in [1.29, 1.82) is 0 Å². The molecule has 0 bridgehead atoms. The Morgan fingerprint density at radius 1 is 1.36 bits per heavy atom. The Balaban J connectivity index is 2.36. The van der Waals surface area contributed by atoms with Gasteiger partial charge in [-0.05, 0) is 34.6 Å². The van der Waals surface area contributed by atoms with Crippen LogP contribution in [-0.2, 0) is 9.83 Å². The fraction of sp³-hybridized carbons (Fsp3) is 0.111. The van der Waals surface area contributed by atoms with Crippen LogP contribution in [0.5, 0.6) is 0 Å². The summed E-state index contributed by atoms with van der Waals surface area (Å²) in [6.07, 6.45) is 1.91. The third kappa shape index (κ3) is 2.19. The maximum atomic E-state index is 11.6. The van der Waals surface area contributed by atoms with Gasteiger partial charge in [0.1, 0.15) is 9.83 Å². The third-order valence-electron chi connectivity index (χ3n) is 1.79. The summed E-state index contributed by atoms with van der Waals surface area (Å²) in [4.78, 5) is 0.840. The summed E-state index contributed by atoms with van der Waals surface area (Å²) in [5, 5.41) is 0.688. The van der Waals surface area contributed by atoms with Gasteiger partial charge in [0.15, 0.2) is 0 Å². The van der Waals surface area contributed by atoms with E-state index in [2.05, 4.69) is 12.6 Å². The van der Waals surface area contributed by atoms with Crippen molar-refractivity contribution in [3.63, 3.8) is 0 Å². The van der Waals surface area contributed by atoms with Crippen molar-refractivity contribution in [1.82, 2.24) is 0 Å². The summed E-state index contributed by atoms with van der Waals surface area (Å²) in [6.45, 7) is 0. The van der Waals surface area contributed by atoms with E-state index in [1.165, 1.54) is 10.8 Å². The lowest BCUT2D eigenvalue weighted by Crippen LogP contribution is -1.84. The Morgan fingerprint density at radius 2 is 2.00 bits per heavy atom. The summed E-state index contributed by atoms with van der Waals surface area (Å²) >= 11 is 10.0. The average Bonchev–Trinajstić information content (AvgIpc) is 2.47. The zero-order valence-electron chi connectivity index (χ0n) is 7.01. The summed E-state index contributed by atoms with van der Waals surface area (Å²) in [5.74, 6) is 0. The fourth-order valence-corrected chi connectivity index (χ4v) is 4.85. The Kier molecular flexibility index (Phi) is 3.27. The first-order valence-corrected chi connectivity index (χ1v) is 7.35. The van der Waals surface area contributed by atoms with Gasteiger partial charge in [0.05, 0.1) is 9.49 Å². The van der Waals surface area contributed by atoms with Gasteiger partial charge in [-0.3, -0.25) is 0 Å². The zero-order valence-corrected chi connectivity index (χ0v) is 10.3. The van der Waals surface area contributed by atoms with Crippen LogP contribution in [0, 0.1) is 0 Å². The van der Waals surface area contributed by atoms with Crippen molar-refractivity contribution < 1.29 is 4.21 Å². The number of hydrogen-bond acceptors (Lipinski definition) is 3. The lowest BCUT2D eigenvalue weighted by Gasteiger charge is -1.99. The molecule has 2 unspecified atom stereocenters. The molecule has 14 heavy (non-hydrogen) atoms. The molecule has 1 nitrogen and oxygen atoms in total. The molecule has 0 aromatic heterocycles. The van der Waals surface area contributed by atoms with Gasteiger partial charge in [-0.15, -0.1) is 0 Å². The maximum Gasteiger partial charge on any atom is 0.114 e. The van der Waals surface area contributed by atoms with E-state index in [4.69, 9.17) is 11.6 Å². The third-order valence-corrected chi connectivity index (χ3v) is 5.86.